The Kier molecular flexibility index (Phi) is 7.11. The molecule has 0 saturated heterocycles. The quantitative estimate of drug-likeness (QED) is 0.468. The summed E-state index contributed by atoms with van der Waals surface area (Å²) in [5, 5.41) is 9.50. The molecule has 0 saturated carbocycles. The third kappa shape index (κ3) is 5.11. The van der Waals surface area contributed by atoms with Crippen LogP contribution in [0.15, 0.2) is 35.3 Å². The van der Waals surface area contributed by atoms with Gasteiger partial charge in [0, 0.05) is 24.2 Å². The van der Waals surface area contributed by atoms with Crippen LogP contribution in [0.1, 0.15) is 69.8 Å². The highest BCUT2D eigenvalue weighted by atomic mass is 28.3. The second kappa shape index (κ2) is 9.39. The lowest BCUT2D eigenvalue weighted by molar-refractivity contribution is -0.163. The summed E-state index contributed by atoms with van der Waals surface area (Å²) in [5.41, 5.74) is 1.20. The van der Waals surface area contributed by atoms with Gasteiger partial charge in [0.05, 0.1) is 18.2 Å². The highest BCUT2D eigenvalue weighted by Crippen LogP contribution is 2.43. The number of fused-ring (bicyclic) bond motifs is 1. The third-order valence-corrected chi connectivity index (χ3v) is 6.82. The minimum atomic E-state index is -1.38. The molecule has 0 spiro atoms. The van der Waals surface area contributed by atoms with Crippen molar-refractivity contribution in [1.82, 2.24) is 4.57 Å². The SMILES string of the molecule is CC(=O)O[C@H]1[C@H](n2ccc(C(C)(C)C)c(CO[SiH](C)C)c2=O)c2cc(C#N)ccc2OC1(C)C. The number of hydrogen-bond donors (Lipinski definition) is 0. The zero-order valence-corrected chi connectivity index (χ0v) is 22.4. The van der Waals surface area contributed by atoms with E-state index in [1.165, 1.54) is 6.92 Å². The maximum absolute atomic E-state index is 14.0. The Morgan fingerprint density at radius 3 is 2.50 bits per heavy atom. The molecule has 2 atom stereocenters. The van der Waals surface area contributed by atoms with Crippen LogP contribution in [0.25, 0.3) is 0 Å². The van der Waals surface area contributed by atoms with Crippen LogP contribution in [0.2, 0.25) is 13.1 Å². The number of aromatic nitrogens is 1. The molecule has 1 aliphatic rings. The molecule has 182 valence electrons. The van der Waals surface area contributed by atoms with Crippen molar-refractivity contribution < 1.29 is 18.7 Å². The zero-order valence-electron chi connectivity index (χ0n) is 21.3. The Bertz CT molecular complexity index is 1190. The highest BCUT2D eigenvalue weighted by Gasteiger charge is 2.48. The van der Waals surface area contributed by atoms with Crippen molar-refractivity contribution in [2.45, 2.75) is 84.4 Å². The summed E-state index contributed by atoms with van der Waals surface area (Å²) in [6.07, 6.45) is 0.961. The van der Waals surface area contributed by atoms with Gasteiger partial charge in [-0.3, -0.25) is 9.59 Å². The van der Waals surface area contributed by atoms with Crippen LogP contribution < -0.4 is 10.3 Å². The van der Waals surface area contributed by atoms with Gasteiger partial charge in [0.1, 0.15) is 17.4 Å². The average molecular weight is 483 g/mol. The summed E-state index contributed by atoms with van der Waals surface area (Å²) in [7, 11) is -1.38. The molecule has 0 N–H and O–H groups in total. The van der Waals surface area contributed by atoms with Crippen LogP contribution in [-0.2, 0) is 26.0 Å². The Morgan fingerprint density at radius 1 is 1.26 bits per heavy atom. The van der Waals surface area contributed by atoms with Crippen LogP contribution in [-0.4, -0.2) is 31.3 Å². The van der Waals surface area contributed by atoms with Crippen molar-refractivity contribution in [2.75, 3.05) is 0 Å². The molecule has 0 amide bonds. The normalized spacial score (nSPS) is 19.2. The largest absolute Gasteiger partial charge is 0.484 e. The van der Waals surface area contributed by atoms with Gasteiger partial charge in [0.15, 0.2) is 15.1 Å². The first-order chi connectivity index (χ1) is 15.8. The van der Waals surface area contributed by atoms with Crippen LogP contribution in [0, 0.1) is 11.3 Å². The van der Waals surface area contributed by atoms with Gasteiger partial charge >= 0.3 is 5.97 Å². The van der Waals surface area contributed by atoms with Gasteiger partial charge in [-0.15, -0.1) is 0 Å². The predicted molar refractivity (Wildman–Crippen MR) is 133 cm³/mol. The number of nitriles is 1. The fourth-order valence-electron chi connectivity index (χ4n) is 4.41. The van der Waals surface area contributed by atoms with E-state index in [4.69, 9.17) is 13.9 Å². The number of pyridine rings is 1. The van der Waals surface area contributed by atoms with Gasteiger partial charge in [-0.1, -0.05) is 20.8 Å². The Labute approximate surface area is 203 Å². The Morgan fingerprint density at radius 2 is 1.94 bits per heavy atom. The van der Waals surface area contributed by atoms with Crippen LogP contribution in [0.4, 0.5) is 0 Å². The maximum Gasteiger partial charge on any atom is 0.303 e. The lowest BCUT2D eigenvalue weighted by atomic mass is 9.83. The van der Waals surface area contributed by atoms with Crippen molar-refractivity contribution in [3.05, 3.63) is 63.1 Å². The van der Waals surface area contributed by atoms with E-state index in [0.717, 1.165) is 5.56 Å². The van der Waals surface area contributed by atoms with Crippen LogP contribution in [0.5, 0.6) is 5.75 Å². The molecule has 1 aliphatic heterocycles. The summed E-state index contributed by atoms with van der Waals surface area (Å²) in [5.74, 6) is 0.0804. The van der Waals surface area contributed by atoms with E-state index in [0.29, 0.717) is 22.4 Å². The van der Waals surface area contributed by atoms with Crippen molar-refractivity contribution >= 4 is 15.0 Å². The molecule has 0 fully saturated rings. The molecule has 2 heterocycles. The second-order valence-electron chi connectivity index (χ2n) is 10.6. The van der Waals surface area contributed by atoms with Gasteiger partial charge in [-0.05, 0) is 62.2 Å². The van der Waals surface area contributed by atoms with E-state index >= 15 is 0 Å². The number of rotatable bonds is 5. The molecule has 7 nitrogen and oxygen atoms in total. The number of carbonyl (C=O) groups excluding carboxylic acids is 1. The lowest BCUT2D eigenvalue weighted by Gasteiger charge is -2.44. The second-order valence-corrected chi connectivity index (χ2v) is 13.0. The van der Waals surface area contributed by atoms with Crippen LogP contribution >= 0.6 is 0 Å². The molecule has 3 rings (SSSR count). The van der Waals surface area contributed by atoms with Crippen molar-refractivity contribution in [3.63, 3.8) is 0 Å². The Balaban J connectivity index is 2.32. The van der Waals surface area contributed by atoms with E-state index in [1.54, 1.807) is 29.0 Å². The molecule has 2 aromatic rings. The molecule has 8 heteroatoms. The topological polar surface area (TPSA) is 90.5 Å². The number of hydrogen-bond acceptors (Lipinski definition) is 6. The predicted octanol–water partition coefficient (Wildman–Crippen LogP) is 4.21. The number of nitrogens with zero attached hydrogens (tertiary/aromatic N) is 2. The monoisotopic (exact) mass is 482 g/mol. The van der Waals surface area contributed by atoms with Crippen molar-refractivity contribution in [2.24, 2.45) is 0 Å². The summed E-state index contributed by atoms with van der Waals surface area (Å²) in [6, 6.07) is 8.53. The van der Waals surface area contributed by atoms with Crippen molar-refractivity contribution in [3.8, 4) is 11.8 Å². The van der Waals surface area contributed by atoms with E-state index < -0.39 is 32.8 Å². The number of esters is 1. The first-order valence-corrected chi connectivity index (χ1v) is 14.3. The van der Waals surface area contributed by atoms with E-state index in [1.807, 2.05) is 19.9 Å². The van der Waals surface area contributed by atoms with E-state index in [9.17, 15) is 14.9 Å². The average Bonchev–Trinajstić information content (AvgIpc) is 2.72. The third-order valence-electron chi connectivity index (χ3n) is 5.98. The van der Waals surface area contributed by atoms with Gasteiger partial charge in [0.2, 0.25) is 0 Å². The number of benzene rings is 1. The molecule has 0 aliphatic carbocycles. The number of ether oxygens (including phenoxy) is 2. The molecular formula is C26H34N2O5Si. The van der Waals surface area contributed by atoms with Gasteiger partial charge < -0.3 is 18.5 Å². The van der Waals surface area contributed by atoms with Gasteiger partial charge in [-0.2, -0.15) is 5.26 Å². The smallest absolute Gasteiger partial charge is 0.303 e. The van der Waals surface area contributed by atoms with Crippen LogP contribution in [0.3, 0.4) is 0 Å². The van der Waals surface area contributed by atoms with Gasteiger partial charge in [-0.25, -0.2) is 0 Å². The molecule has 34 heavy (non-hydrogen) atoms. The Hall–Kier alpha value is -2.89. The summed E-state index contributed by atoms with van der Waals surface area (Å²) in [6.45, 7) is 15.6. The summed E-state index contributed by atoms with van der Waals surface area (Å²) >= 11 is 0. The highest BCUT2D eigenvalue weighted by molar-refractivity contribution is 6.48. The minimum absolute atomic E-state index is 0.199. The minimum Gasteiger partial charge on any atom is -0.484 e. The summed E-state index contributed by atoms with van der Waals surface area (Å²) < 4.78 is 19.6. The molecule has 0 unspecified atom stereocenters. The standard InChI is InChI=1S/C26H34N2O5Si/c1-16(29)32-23-22(18-13-17(14-27)9-10-21(18)33-26(23,5)6)28-12-11-20(25(2,3)4)19(24(28)30)15-31-34(7)8/h9-13,22-23,34H,15H2,1-8H3/t22-,23+/m1/s1. The van der Waals surface area contributed by atoms with E-state index in [-0.39, 0.29) is 17.6 Å². The zero-order chi connectivity index (χ0) is 25.4. The lowest BCUT2D eigenvalue weighted by Crippen LogP contribution is -2.54. The molecular weight excluding hydrogens is 448 g/mol. The maximum atomic E-state index is 14.0. The van der Waals surface area contributed by atoms with Crippen molar-refractivity contribution in [1.29, 1.82) is 5.26 Å². The first-order valence-electron chi connectivity index (χ1n) is 11.5. The van der Waals surface area contributed by atoms with E-state index in [2.05, 4.69) is 39.9 Å². The number of carbonyl (C=O) groups is 1. The molecule has 0 radical (unpaired) electrons. The molecule has 1 aromatic heterocycles. The fourth-order valence-corrected chi connectivity index (χ4v) is 4.91. The molecule has 1 aromatic carbocycles. The summed E-state index contributed by atoms with van der Waals surface area (Å²) in [4.78, 5) is 26.1. The first kappa shape index (κ1) is 25.7. The van der Waals surface area contributed by atoms with Gasteiger partial charge in [0.25, 0.3) is 5.56 Å². The fraction of sp³-hybridized carbons (Fsp3) is 0.500. The molecule has 0 bridgehead atoms.